The van der Waals surface area contributed by atoms with Gasteiger partial charge in [0.1, 0.15) is 19.8 Å². The summed E-state index contributed by atoms with van der Waals surface area (Å²) in [7, 11) is 2.89. The number of esters is 2. The third kappa shape index (κ3) is 9.98. The fraction of sp³-hybridized carbons (Fsp3) is 0.889. The topological polar surface area (TPSA) is 108 Å². The number of methoxy groups -OCH3 is 1. The van der Waals surface area contributed by atoms with Gasteiger partial charge >= 0.3 is 19.8 Å². The first-order valence-electron chi connectivity index (χ1n) is 9.26. The molecule has 0 radical (unpaired) electrons. The monoisotopic (exact) mass is 426 g/mol. The van der Waals surface area contributed by atoms with Crippen molar-refractivity contribution in [3.8, 4) is 0 Å². The Bertz CT molecular complexity index is 572. The lowest BCUT2D eigenvalue weighted by Crippen LogP contribution is -2.38. The number of phosphoric ester groups is 1. The third-order valence-corrected chi connectivity index (χ3v) is 5.45. The Morgan fingerprint density at radius 3 is 2.00 bits per heavy atom. The van der Waals surface area contributed by atoms with Crippen LogP contribution in [0.4, 0.5) is 0 Å². The van der Waals surface area contributed by atoms with Crippen LogP contribution in [0.5, 0.6) is 0 Å². The summed E-state index contributed by atoms with van der Waals surface area (Å²) in [6, 6.07) is 0. The van der Waals surface area contributed by atoms with E-state index in [0.717, 1.165) is 0 Å². The summed E-state index contributed by atoms with van der Waals surface area (Å²) in [5.74, 6) is -0.912. The summed E-state index contributed by atoms with van der Waals surface area (Å²) < 4.78 is 32.1. The fourth-order valence-electron chi connectivity index (χ4n) is 2.59. The van der Waals surface area contributed by atoms with Crippen molar-refractivity contribution >= 4 is 19.8 Å². The summed E-state index contributed by atoms with van der Waals surface area (Å²) in [5.41, 5.74) is -1.75. The van der Waals surface area contributed by atoms with Gasteiger partial charge in [0.15, 0.2) is 0 Å². The number of hydrogen-bond acceptors (Lipinski definition) is 7. The van der Waals surface area contributed by atoms with Crippen molar-refractivity contribution < 1.29 is 42.1 Å². The van der Waals surface area contributed by atoms with E-state index < -0.39 is 30.6 Å². The number of carbonyl (C=O) groups excluding carboxylic acids is 2. The lowest BCUT2D eigenvalue weighted by atomic mass is 9.72. The van der Waals surface area contributed by atoms with Crippen LogP contribution in [0.3, 0.4) is 0 Å². The molecule has 0 aromatic heterocycles. The molecule has 0 aromatic carbocycles. The highest BCUT2D eigenvalue weighted by molar-refractivity contribution is 7.47. The number of likely N-dealkylation sites (N-methyl/N-ethyl adjacent to an activating group) is 1. The number of hydrogen-bond donors (Lipinski definition) is 1. The summed E-state index contributed by atoms with van der Waals surface area (Å²) in [4.78, 5) is 34.0. The van der Waals surface area contributed by atoms with E-state index in [1.54, 1.807) is 20.8 Å². The largest absolute Gasteiger partial charge is 0.472 e. The molecule has 1 N–H and O–H groups in total. The van der Waals surface area contributed by atoms with Gasteiger partial charge < -0.3 is 18.9 Å². The van der Waals surface area contributed by atoms with Crippen LogP contribution in [0, 0.1) is 10.8 Å². The van der Waals surface area contributed by atoms with Gasteiger partial charge in [0, 0.05) is 0 Å². The highest BCUT2D eigenvalue weighted by atomic mass is 31.2. The van der Waals surface area contributed by atoms with E-state index in [2.05, 4.69) is 0 Å². The number of nitrogens with zero attached hydrogens (tertiary/aromatic N) is 1. The molecule has 0 spiro atoms. The van der Waals surface area contributed by atoms with Gasteiger partial charge in [-0.25, -0.2) is 4.57 Å². The molecule has 0 aliphatic heterocycles. The van der Waals surface area contributed by atoms with E-state index in [-0.39, 0.29) is 26.2 Å². The van der Waals surface area contributed by atoms with E-state index in [0.29, 0.717) is 17.4 Å². The van der Waals surface area contributed by atoms with Crippen LogP contribution < -0.4 is 0 Å². The SMILES string of the molecule is CCC(C)(CC(C)(C)C(=O)OC)C(=O)OCCOP(=O)(O)OCC[N+](C)(C)C. The van der Waals surface area contributed by atoms with Crippen LogP contribution in [-0.4, -0.2) is 75.9 Å². The Hall–Kier alpha value is -0.990. The van der Waals surface area contributed by atoms with Gasteiger partial charge in [-0.05, 0) is 33.6 Å². The Kier molecular flexibility index (Phi) is 10.3. The third-order valence-electron chi connectivity index (χ3n) is 4.43. The number of ether oxygens (including phenoxy) is 2. The molecule has 0 aliphatic carbocycles. The van der Waals surface area contributed by atoms with E-state index >= 15 is 0 Å². The molecule has 9 nitrogen and oxygen atoms in total. The van der Waals surface area contributed by atoms with Crippen molar-refractivity contribution in [1.29, 1.82) is 0 Å². The van der Waals surface area contributed by atoms with Crippen LogP contribution in [-0.2, 0) is 32.7 Å². The van der Waals surface area contributed by atoms with Gasteiger partial charge in [0.05, 0.1) is 45.7 Å². The van der Waals surface area contributed by atoms with Gasteiger partial charge in [0.2, 0.25) is 0 Å². The number of carbonyl (C=O) groups is 2. The maximum atomic E-state index is 12.5. The Morgan fingerprint density at radius 2 is 1.54 bits per heavy atom. The lowest BCUT2D eigenvalue weighted by Gasteiger charge is -2.33. The minimum Gasteiger partial charge on any atom is -0.469 e. The highest BCUT2D eigenvalue weighted by Gasteiger charge is 2.42. The fourth-order valence-corrected chi connectivity index (χ4v) is 3.29. The molecule has 0 saturated heterocycles. The molecule has 10 heteroatoms. The van der Waals surface area contributed by atoms with E-state index in [9.17, 15) is 19.0 Å². The van der Waals surface area contributed by atoms with Crippen LogP contribution >= 0.6 is 7.82 Å². The van der Waals surface area contributed by atoms with Crippen molar-refractivity contribution in [3.05, 3.63) is 0 Å². The molecule has 0 heterocycles. The first-order chi connectivity index (χ1) is 12.6. The first kappa shape index (κ1) is 27.0. The summed E-state index contributed by atoms with van der Waals surface area (Å²) in [5, 5.41) is 0. The summed E-state index contributed by atoms with van der Waals surface area (Å²) in [6.07, 6.45) is 0.704. The number of phosphoric acid groups is 1. The van der Waals surface area contributed by atoms with Crippen LogP contribution in [0.2, 0.25) is 0 Å². The molecule has 0 rings (SSSR count). The van der Waals surface area contributed by atoms with E-state index in [1.165, 1.54) is 7.11 Å². The zero-order valence-corrected chi connectivity index (χ0v) is 19.3. The molecule has 0 fully saturated rings. The average Bonchev–Trinajstić information content (AvgIpc) is 2.55. The van der Waals surface area contributed by atoms with Gasteiger partial charge in [-0.2, -0.15) is 0 Å². The average molecular weight is 426 g/mol. The number of rotatable bonds is 13. The van der Waals surface area contributed by atoms with Crippen molar-refractivity contribution in [3.63, 3.8) is 0 Å². The Labute approximate surface area is 168 Å². The second kappa shape index (κ2) is 10.7. The zero-order valence-electron chi connectivity index (χ0n) is 18.4. The maximum Gasteiger partial charge on any atom is 0.472 e. The second-order valence-electron chi connectivity index (χ2n) is 8.75. The highest BCUT2D eigenvalue weighted by Crippen LogP contribution is 2.43. The quantitative estimate of drug-likeness (QED) is 0.207. The van der Waals surface area contributed by atoms with Crippen LogP contribution in [0.25, 0.3) is 0 Å². The molecular formula is C18H37NO8P+. The van der Waals surface area contributed by atoms with Gasteiger partial charge in [-0.1, -0.05) is 6.92 Å². The Balaban J connectivity index is 4.54. The molecule has 0 amide bonds. The summed E-state index contributed by atoms with van der Waals surface area (Å²) >= 11 is 0. The molecule has 2 unspecified atom stereocenters. The molecule has 0 aromatic rings. The predicted octanol–water partition coefficient (Wildman–Crippen LogP) is 2.38. The molecule has 0 saturated carbocycles. The zero-order chi connectivity index (χ0) is 22.2. The van der Waals surface area contributed by atoms with Gasteiger partial charge in [-0.3, -0.25) is 18.6 Å². The van der Waals surface area contributed by atoms with Crippen molar-refractivity contribution in [2.24, 2.45) is 10.8 Å². The second-order valence-corrected chi connectivity index (χ2v) is 10.2. The van der Waals surface area contributed by atoms with E-state index in [4.69, 9.17) is 18.5 Å². The van der Waals surface area contributed by atoms with Crippen molar-refractivity contribution in [2.75, 3.05) is 54.6 Å². The first-order valence-corrected chi connectivity index (χ1v) is 10.8. The van der Waals surface area contributed by atoms with E-state index in [1.807, 2.05) is 28.1 Å². The van der Waals surface area contributed by atoms with Crippen molar-refractivity contribution in [1.82, 2.24) is 0 Å². The maximum absolute atomic E-state index is 12.5. The standard InChI is InChI=1S/C18H36NO8P/c1-9-18(4,14-17(2,3)15(20)24-8)16(21)25-12-13-27-28(22,23)26-11-10-19(5,6)7/h9-14H2,1-8H3/p+1. The van der Waals surface area contributed by atoms with Crippen molar-refractivity contribution in [2.45, 2.75) is 40.5 Å². The minimum absolute atomic E-state index is 0.0631. The molecule has 0 bridgehead atoms. The van der Waals surface area contributed by atoms with Gasteiger partial charge in [-0.15, -0.1) is 0 Å². The molecule has 2 atom stereocenters. The lowest BCUT2D eigenvalue weighted by molar-refractivity contribution is -0.870. The summed E-state index contributed by atoms with van der Waals surface area (Å²) in [6.45, 7) is 7.08. The van der Waals surface area contributed by atoms with Crippen LogP contribution in [0.1, 0.15) is 40.5 Å². The molecule has 28 heavy (non-hydrogen) atoms. The molecule has 166 valence electrons. The van der Waals surface area contributed by atoms with Crippen LogP contribution in [0.15, 0.2) is 0 Å². The minimum atomic E-state index is -4.20. The molecule has 0 aliphatic rings. The normalized spacial score (nSPS) is 16.8. The number of quaternary nitrogens is 1. The predicted molar refractivity (Wildman–Crippen MR) is 104 cm³/mol. The van der Waals surface area contributed by atoms with Gasteiger partial charge in [0.25, 0.3) is 0 Å². The Morgan fingerprint density at radius 1 is 1.00 bits per heavy atom. The molecular weight excluding hydrogens is 389 g/mol. The smallest absolute Gasteiger partial charge is 0.469 e.